The molecule has 0 bridgehead atoms. The van der Waals surface area contributed by atoms with Crippen LogP contribution in [0.25, 0.3) is 6.08 Å². The fraction of sp³-hybridized carbons (Fsp3) is 0.200. The smallest absolute Gasteiger partial charge is 0.221 e. The summed E-state index contributed by atoms with van der Waals surface area (Å²) in [5, 5.41) is 9.37. The molecule has 1 aromatic rings. The van der Waals surface area contributed by atoms with E-state index in [1.165, 1.54) is 0 Å². The molecule has 1 rings (SSSR count). The predicted octanol–water partition coefficient (Wildman–Crippen LogP) is 0.984. The number of aromatic hydroxyl groups is 1. The van der Waals surface area contributed by atoms with E-state index in [0.29, 0.717) is 5.69 Å². The van der Waals surface area contributed by atoms with Crippen LogP contribution < -0.4 is 5.73 Å². The number of primary amides is 1. The van der Waals surface area contributed by atoms with Crippen LogP contribution in [0.15, 0.2) is 18.2 Å². The summed E-state index contributed by atoms with van der Waals surface area (Å²) in [4.78, 5) is 14.5. The number of hydrogen-bond acceptors (Lipinski definition) is 3. The molecule has 1 heterocycles. The van der Waals surface area contributed by atoms with Gasteiger partial charge in [-0.2, -0.15) is 0 Å². The summed E-state index contributed by atoms with van der Waals surface area (Å²) in [6.45, 7) is 1.82. The molecule has 0 atom stereocenters. The van der Waals surface area contributed by atoms with Crippen LogP contribution in [0, 0.1) is 6.92 Å². The maximum atomic E-state index is 10.4. The molecule has 1 aromatic heterocycles. The summed E-state index contributed by atoms with van der Waals surface area (Å²) < 4.78 is 0. The zero-order valence-corrected chi connectivity index (χ0v) is 7.90. The Balaban J connectivity index is 2.80. The molecule has 3 N–H and O–H groups in total. The Morgan fingerprint density at radius 3 is 3.00 bits per heavy atom. The Morgan fingerprint density at radius 2 is 2.36 bits per heavy atom. The summed E-state index contributed by atoms with van der Waals surface area (Å²) in [5.74, 6) is -0.315. The molecule has 0 spiro atoms. The molecule has 1 amide bonds. The van der Waals surface area contributed by atoms with Crippen LogP contribution in [0.1, 0.15) is 17.8 Å². The van der Waals surface area contributed by atoms with Gasteiger partial charge in [0.25, 0.3) is 0 Å². The second kappa shape index (κ2) is 4.41. The lowest BCUT2D eigenvalue weighted by Crippen LogP contribution is -2.07. The van der Waals surface area contributed by atoms with Crippen LogP contribution in [0.4, 0.5) is 0 Å². The van der Waals surface area contributed by atoms with Crippen LogP contribution in [0.3, 0.4) is 0 Å². The Kier molecular flexibility index (Phi) is 3.23. The quantitative estimate of drug-likeness (QED) is 0.749. The Bertz CT molecular complexity index is 372. The molecule has 0 aliphatic heterocycles. The molecule has 74 valence electrons. The molecule has 4 heteroatoms. The number of amides is 1. The van der Waals surface area contributed by atoms with E-state index in [-0.39, 0.29) is 12.2 Å². The summed E-state index contributed by atoms with van der Waals surface area (Å²) in [5.41, 5.74) is 6.21. The van der Waals surface area contributed by atoms with E-state index in [4.69, 9.17) is 5.73 Å². The number of carbonyl (C=O) groups excluding carboxylic acids is 1. The van der Waals surface area contributed by atoms with Crippen molar-refractivity contribution in [3.8, 4) is 5.75 Å². The topological polar surface area (TPSA) is 76.2 Å². The third-order valence-electron chi connectivity index (χ3n) is 1.64. The van der Waals surface area contributed by atoms with Crippen molar-refractivity contribution < 1.29 is 9.90 Å². The fourth-order valence-electron chi connectivity index (χ4n) is 0.979. The minimum Gasteiger partial charge on any atom is -0.506 e. The minimum absolute atomic E-state index is 0.0938. The zero-order valence-electron chi connectivity index (χ0n) is 7.90. The van der Waals surface area contributed by atoms with Gasteiger partial charge in [0, 0.05) is 12.1 Å². The number of rotatable bonds is 3. The number of pyridine rings is 1. The average molecular weight is 192 g/mol. The Labute approximate surface area is 82.1 Å². The summed E-state index contributed by atoms with van der Waals surface area (Å²) in [6.07, 6.45) is 3.30. The van der Waals surface area contributed by atoms with Crippen molar-refractivity contribution in [2.24, 2.45) is 5.73 Å². The van der Waals surface area contributed by atoms with Crippen molar-refractivity contribution in [1.29, 1.82) is 0 Å². The monoisotopic (exact) mass is 192 g/mol. The third-order valence-corrected chi connectivity index (χ3v) is 1.64. The highest BCUT2D eigenvalue weighted by Gasteiger charge is 1.98. The van der Waals surface area contributed by atoms with E-state index in [0.717, 1.165) is 5.69 Å². The van der Waals surface area contributed by atoms with Gasteiger partial charge in [-0.3, -0.25) is 4.79 Å². The maximum absolute atomic E-state index is 10.4. The summed E-state index contributed by atoms with van der Waals surface area (Å²) in [6, 6.07) is 3.27. The molecular weight excluding hydrogens is 180 g/mol. The van der Waals surface area contributed by atoms with E-state index in [1.54, 1.807) is 24.3 Å². The predicted molar refractivity (Wildman–Crippen MR) is 53.5 cm³/mol. The molecule has 14 heavy (non-hydrogen) atoms. The first-order chi connectivity index (χ1) is 6.59. The van der Waals surface area contributed by atoms with Crippen LogP contribution >= 0.6 is 0 Å². The van der Waals surface area contributed by atoms with Gasteiger partial charge < -0.3 is 10.8 Å². The number of nitrogens with zero attached hydrogens (tertiary/aromatic N) is 1. The Hall–Kier alpha value is -1.84. The van der Waals surface area contributed by atoms with Crippen LogP contribution in [0.5, 0.6) is 5.75 Å². The van der Waals surface area contributed by atoms with Gasteiger partial charge in [-0.1, -0.05) is 6.08 Å². The first-order valence-corrected chi connectivity index (χ1v) is 4.21. The average Bonchev–Trinajstić information content (AvgIpc) is 2.10. The van der Waals surface area contributed by atoms with E-state index < -0.39 is 5.91 Å². The highest BCUT2D eigenvalue weighted by molar-refractivity contribution is 5.76. The fourth-order valence-corrected chi connectivity index (χ4v) is 0.979. The minimum atomic E-state index is -0.409. The number of carbonyl (C=O) groups is 1. The molecule has 0 aromatic carbocycles. The molecular formula is C10H12N2O2. The standard InChI is InChI=1S/C10H12N2O2/c1-7-5-6-9(13)8(12-7)3-2-4-10(11)14/h2-3,5-6,13H,4H2,1H3,(H2,11,14). The van der Waals surface area contributed by atoms with E-state index in [9.17, 15) is 9.90 Å². The zero-order chi connectivity index (χ0) is 10.6. The van der Waals surface area contributed by atoms with Crippen LogP contribution in [-0.4, -0.2) is 16.0 Å². The van der Waals surface area contributed by atoms with Crippen molar-refractivity contribution in [3.63, 3.8) is 0 Å². The maximum Gasteiger partial charge on any atom is 0.221 e. The van der Waals surface area contributed by atoms with Crippen molar-refractivity contribution in [2.75, 3.05) is 0 Å². The van der Waals surface area contributed by atoms with Crippen molar-refractivity contribution in [2.45, 2.75) is 13.3 Å². The van der Waals surface area contributed by atoms with Crippen molar-refractivity contribution >= 4 is 12.0 Å². The number of hydrogen-bond donors (Lipinski definition) is 2. The largest absolute Gasteiger partial charge is 0.506 e. The second-order valence-corrected chi connectivity index (χ2v) is 2.93. The van der Waals surface area contributed by atoms with E-state index >= 15 is 0 Å². The van der Waals surface area contributed by atoms with Gasteiger partial charge in [0.15, 0.2) is 0 Å². The van der Waals surface area contributed by atoms with Gasteiger partial charge >= 0.3 is 0 Å². The molecule has 0 aliphatic carbocycles. The number of aromatic nitrogens is 1. The molecule has 0 saturated carbocycles. The van der Waals surface area contributed by atoms with Gasteiger partial charge in [0.1, 0.15) is 11.4 Å². The molecule has 4 nitrogen and oxygen atoms in total. The number of aryl methyl sites for hydroxylation is 1. The lowest BCUT2D eigenvalue weighted by atomic mass is 10.2. The van der Waals surface area contributed by atoms with Gasteiger partial charge in [0.2, 0.25) is 5.91 Å². The van der Waals surface area contributed by atoms with E-state index in [1.807, 2.05) is 6.92 Å². The number of nitrogens with two attached hydrogens (primary N) is 1. The van der Waals surface area contributed by atoms with E-state index in [2.05, 4.69) is 4.98 Å². The first-order valence-electron chi connectivity index (χ1n) is 4.21. The molecule has 0 fully saturated rings. The van der Waals surface area contributed by atoms with Crippen molar-refractivity contribution in [1.82, 2.24) is 4.98 Å². The molecule has 0 unspecified atom stereocenters. The molecule has 0 radical (unpaired) electrons. The van der Waals surface area contributed by atoms with Gasteiger partial charge in [-0.05, 0) is 25.1 Å². The van der Waals surface area contributed by atoms with Crippen LogP contribution in [0.2, 0.25) is 0 Å². The first kappa shape index (κ1) is 10.2. The SMILES string of the molecule is Cc1ccc(O)c(C=CCC(N)=O)n1. The van der Waals surface area contributed by atoms with Gasteiger partial charge in [-0.15, -0.1) is 0 Å². The van der Waals surface area contributed by atoms with Crippen LogP contribution in [-0.2, 0) is 4.79 Å². The summed E-state index contributed by atoms with van der Waals surface area (Å²) in [7, 11) is 0. The van der Waals surface area contributed by atoms with Gasteiger partial charge in [0.05, 0.1) is 0 Å². The molecule has 0 saturated heterocycles. The highest BCUT2D eigenvalue weighted by atomic mass is 16.3. The highest BCUT2D eigenvalue weighted by Crippen LogP contribution is 2.15. The molecule has 0 aliphatic rings. The lowest BCUT2D eigenvalue weighted by Gasteiger charge is -1.98. The normalized spacial score (nSPS) is 10.6. The third kappa shape index (κ3) is 2.90. The lowest BCUT2D eigenvalue weighted by molar-refractivity contribution is -0.117. The summed E-state index contributed by atoms with van der Waals surface area (Å²) >= 11 is 0. The van der Waals surface area contributed by atoms with Crippen molar-refractivity contribution in [3.05, 3.63) is 29.6 Å². The Morgan fingerprint density at radius 1 is 1.64 bits per heavy atom. The van der Waals surface area contributed by atoms with Gasteiger partial charge in [-0.25, -0.2) is 4.98 Å². The second-order valence-electron chi connectivity index (χ2n) is 2.93.